The first-order chi connectivity index (χ1) is 5.47. The van der Waals surface area contributed by atoms with Crippen LogP contribution in [0.3, 0.4) is 0 Å². The number of hydrogen-bond acceptors (Lipinski definition) is 3. The summed E-state index contributed by atoms with van der Waals surface area (Å²) in [6, 6.07) is 0. The van der Waals surface area contributed by atoms with E-state index in [-0.39, 0.29) is 18.0 Å². The number of rotatable bonds is 5. The summed E-state index contributed by atoms with van der Waals surface area (Å²) in [6.07, 6.45) is 4.25. The van der Waals surface area contributed by atoms with Crippen LogP contribution in [0.4, 0.5) is 0 Å². The van der Waals surface area contributed by atoms with E-state index in [0.717, 1.165) is 19.1 Å². The molecule has 1 aliphatic carbocycles. The maximum Gasteiger partial charge on any atom is 0.147 e. The first-order valence-electron chi connectivity index (χ1n) is 4.17. The van der Waals surface area contributed by atoms with Crippen molar-refractivity contribution >= 4 is 15.6 Å². The van der Waals surface area contributed by atoms with Crippen LogP contribution in [0, 0.1) is 5.92 Å². The van der Waals surface area contributed by atoms with Gasteiger partial charge in [0.1, 0.15) is 15.6 Å². The molecular weight excluding hydrogens is 176 g/mol. The molecule has 1 aliphatic rings. The lowest BCUT2D eigenvalue weighted by Crippen LogP contribution is -2.09. The van der Waals surface area contributed by atoms with Gasteiger partial charge in [0.2, 0.25) is 0 Å². The van der Waals surface area contributed by atoms with Crippen LogP contribution in [0.1, 0.15) is 25.7 Å². The van der Waals surface area contributed by atoms with Crippen LogP contribution in [0.15, 0.2) is 0 Å². The minimum absolute atomic E-state index is 0.0125. The van der Waals surface area contributed by atoms with Gasteiger partial charge in [-0.3, -0.25) is 4.79 Å². The van der Waals surface area contributed by atoms with Gasteiger partial charge in [0.25, 0.3) is 0 Å². The van der Waals surface area contributed by atoms with Crippen molar-refractivity contribution in [3.05, 3.63) is 0 Å². The van der Waals surface area contributed by atoms with Crippen LogP contribution in [0.25, 0.3) is 0 Å². The van der Waals surface area contributed by atoms with Crippen LogP contribution in [-0.2, 0) is 14.6 Å². The van der Waals surface area contributed by atoms with E-state index < -0.39 is 9.84 Å². The highest BCUT2D eigenvalue weighted by Gasteiger charge is 2.24. The normalized spacial score (nSPS) is 17.8. The predicted octanol–water partition coefficient (Wildman–Crippen LogP) is 0.790. The van der Waals surface area contributed by atoms with Gasteiger partial charge in [0.15, 0.2) is 0 Å². The van der Waals surface area contributed by atoms with Crippen molar-refractivity contribution in [2.75, 3.05) is 12.0 Å². The van der Waals surface area contributed by atoms with Gasteiger partial charge in [-0.05, 0) is 18.8 Å². The predicted molar refractivity (Wildman–Crippen MR) is 46.7 cm³/mol. The molecule has 0 radical (unpaired) electrons. The number of carbonyl (C=O) groups excluding carboxylic acids is 1. The van der Waals surface area contributed by atoms with E-state index in [2.05, 4.69) is 0 Å². The van der Waals surface area contributed by atoms with Gasteiger partial charge in [0.05, 0.1) is 5.75 Å². The van der Waals surface area contributed by atoms with Gasteiger partial charge in [0, 0.05) is 19.1 Å². The van der Waals surface area contributed by atoms with E-state index in [1.165, 1.54) is 0 Å². The molecule has 0 aromatic carbocycles. The highest BCUT2D eigenvalue weighted by atomic mass is 32.2. The fourth-order valence-electron chi connectivity index (χ4n) is 1.05. The average molecular weight is 190 g/mol. The van der Waals surface area contributed by atoms with E-state index in [4.69, 9.17) is 0 Å². The largest absolute Gasteiger partial charge is 0.300 e. The highest BCUT2D eigenvalue weighted by molar-refractivity contribution is 7.90. The molecule has 1 saturated carbocycles. The number of Topliss-reactive ketones (excluding diaryl/α,β-unsaturated/α-hetero) is 1. The molecule has 4 heteroatoms. The molecule has 0 N–H and O–H groups in total. The summed E-state index contributed by atoms with van der Waals surface area (Å²) >= 11 is 0. The fourth-order valence-corrected chi connectivity index (χ4v) is 1.64. The van der Waals surface area contributed by atoms with Gasteiger partial charge in [-0.1, -0.05) is 0 Å². The summed E-state index contributed by atoms with van der Waals surface area (Å²) in [5, 5.41) is 0. The molecule has 0 amide bonds. The minimum Gasteiger partial charge on any atom is -0.300 e. The Balaban J connectivity index is 2.17. The summed E-state index contributed by atoms with van der Waals surface area (Å²) < 4.78 is 21.4. The topological polar surface area (TPSA) is 51.2 Å². The van der Waals surface area contributed by atoms with Crippen LogP contribution in [-0.4, -0.2) is 26.2 Å². The fraction of sp³-hybridized carbons (Fsp3) is 0.875. The molecule has 12 heavy (non-hydrogen) atoms. The standard InChI is InChI=1S/C8H14O3S/c1-12(10,11)5-4-8(9)6-7-2-3-7/h7H,2-6H2,1H3. The van der Waals surface area contributed by atoms with E-state index in [9.17, 15) is 13.2 Å². The van der Waals surface area contributed by atoms with Crippen molar-refractivity contribution < 1.29 is 13.2 Å². The molecule has 0 heterocycles. The lowest BCUT2D eigenvalue weighted by Gasteiger charge is -1.97. The first kappa shape index (κ1) is 9.71. The van der Waals surface area contributed by atoms with Gasteiger partial charge in [-0.25, -0.2) is 8.42 Å². The SMILES string of the molecule is CS(=O)(=O)CCC(=O)CC1CC1. The molecule has 1 fully saturated rings. The number of ketones is 1. The third-order valence-corrected chi connectivity index (χ3v) is 2.91. The Kier molecular flexibility index (Phi) is 2.88. The maximum atomic E-state index is 11.1. The minimum atomic E-state index is -2.96. The van der Waals surface area contributed by atoms with Crippen molar-refractivity contribution in [1.29, 1.82) is 0 Å². The molecule has 0 spiro atoms. The monoisotopic (exact) mass is 190 g/mol. The molecule has 3 nitrogen and oxygen atoms in total. The molecule has 0 saturated heterocycles. The smallest absolute Gasteiger partial charge is 0.147 e. The van der Waals surface area contributed by atoms with E-state index in [0.29, 0.717) is 12.3 Å². The van der Waals surface area contributed by atoms with Crippen LogP contribution < -0.4 is 0 Å². The van der Waals surface area contributed by atoms with Gasteiger partial charge < -0.3 is 0 Å². The second-order valence-corrected chi connectivity index (χ2v) is 5.83. The van der Waals surface area contributed by atoms with Crippen molar-refractivity contribution in [2.45, 2.75) is 25.7 Å². The molecule has 0 aromatic heterocycles. The second kappa shape index (κ2) is 3.56. The molecule has 0 aromatic rings. The lowest BCUT2D eigenvalue weighted by molar-refractivity contribution is -0.119. The molecule has 0 unspecified atom stereocenters. The summed E-state index contributed by atoms with van der Waals surface area (Å²) in [7, 11) is -2.96. The molecule has 1 rings (SSSR count). The molecule has 0 bridgehead atoms. The number of carbonyl (C=O) groups is 1. The molecular formula is C8H14O3S. The maximum absolute atomic E-state index is 11.1. The third kappa shape index (κ3) is 4.49. The average Bonchev–Trinajstić information content (AvgIpc) is 2.66. The Morgan fingerprint density at radius 2 is 2.00 bits per heavy atom. The summed E-state index contributed by atoms with van der Waals surface area (Å²) in [4.78, 5) is 11.1. The van der Waals surface area contributed by atoms with Crippen molar-refractivity contribution in [1.82, 2.24) is 0 Å². The molecule has 70 valence electrons. The Labute approximate surface area is 73.1 Å². The Bertz CT molecular complexity index is 262. The summed E-state index contributed by atoms with van der Waals surface area (Å²) in [5.41, 5.74) is 0. The van der Waals surface area contributed by atoms with Crippen molar-refractivity contribution in [2.24, 2.45) is 5.92 Å². The molecule has 0 atom stereocenters. The second-order valence-electron chi connectivity index (χ2n) is 3.57. The quantitative estimate of drug-likeness (QED) is 0.644. The lowest BCUT2D eigenvalue weighted by atomic mass is 10.2. The molecule has 0 aliphatic heterocycles. The Morgan fingerprint density at radius 1 is 1.42 bits per heavy atom. The Morgan fingerprint density at radius 3 is 2.42 bits per heavy atom. The van der Waals surface area contributed by atoms with E-state index >= 15 is 0 Å². The van der Waals surface area contributed by atoms with Crippen LogP contribution >= 0.6 is 0 Å². The van der Waals surface area contributed by atoms with Gasteiger partial charge in [-0.2, -0.15) is 0 Å². The third-order valence-electron chi connectivity index (χ3n) is 1.96. The van der Waals surface area contributed by atoms with Gasteiger partial charge >= 0.3 is 0 Å². The van der Waals surface area contributed by atoms with Crippen molar-refractivity contribution in [3.63, 3.8) is 0 Å². The zero-order chi connectivity index (χ0) is 9.19. The van der Waals surface area contributed by atoms with E-state index in [1.54, 1.807) is 0 Å². The van der Waals surface area contributed by atoms with Crippen molar-refractivity contribution in [3.8, 4) is 0 Å². The zero-order valence-corrected chi connectivity index (χ0v) is 8.06. The van der Waals surface area contributed by atoms with Crippen LogP contribution in [0.5, 0.6) is 0 Å². The Hall–Kier alpha value is -0.380. The van der Waals surface area contributed by atoms with E-state index in [1.807, 2.05) is 0 Å². The van der Waals surface area contributed by atoms with Crippen LogP contribution in [0.2, 0.25) is 0 Å². The van der Waals surface area contributed by atoms with Gasteiger partial charge in [-0.15, -0.1) is 0 Å². The highest BCUT2D eigenvalue weighted by Crippen LogP contribution is 2.32. The zero-order valence-electron chi connectivity index (χ0n) is 7.25. The summed E-state index contributed by atoms with van der Waals surface area (Å²) in [5.74, 6) is 0.679. The number of sulfone groups is 1. The summed E-state index contributed by atoms with van der Waals surface area (Å²) in [6.45, 7) is 0. The number of hydrogen-bond donors (Lipinski definition) is 0. The first-order valence-corrected chi connectivity index (χ1v) is 6.23.